The second-order valence-corrected chi connectivity index (χ2v) is 6.67. The molecule has 0 spiro atoms. The van der Waals surface area contributed by atoms with Gasteiger partial charge in [-0.3, -0.25) is 4.98 Å². The van der Waals surface area contributed by atoms with Crippen LogP contribution in [-0.2, 0) is 9.31 Å². The molecule has 0 aliphatic carbocycles. The van der Waals surface area contributed by atoms with Gasteiger partial charge in [-0.05, 0) is 56.5 Å². The van der Waals surface area contributed by atoms with Gasteiger partial charge in [-0.2, -0.15) is 0 Å². The van der Waals surface area contributed by atoms with Gasteiger partial charge in [0.15, 0.2) is 0 Å². The summed E-state index contributed by atoms with van der Waals surface area (Å²) in [5.41, 5.74) is 1.66. The predicted molar refractivity (Wildman–Crippen MR) is 90.8 cm³/mol. The third-order valence-electron chi connectivity index (χ3n) is 4.59. The van der Waals surface area contributed by atoms with Crippen molar-refractivity contribution in [2.45, 2.75) is 38.9 Å². The highest BCUT2D eigenvalue weighted by molar-refractivity contribution is 6.62. The first-order valence-electron chi connectivity index (χ1n) is 7.58. The van der Waals surface area contributed by atoms with E-state index in [-0.39, 0.29) is 0 Å². The van der Waals surface area contributed by atoms with Gasteiger partial charge in [-0.15, -0.1) is 4.91 Å². The maximum Gasteiger partial charge on any atom is 0.494 e. The van der Waals surface area contributed by atoms with Gasteiger partial charge in [0.05, 0.1) is 16.9 Å². The normalized spacial score (nSPS) is 18.9. The average Bonchev–Trinajstić information content (AvgIpc) is 2.75. The number of rotatable bonds is 3. The number of pyridine rings is 1. The molecule has 6 heteroatoms. The van der Waals surface area contributed by atoms with Crippen LogP contribution in [-0.4, -0.2) is 23.3 Å². The van der Waals surface area contributed by atoms with Crippen LogP contribution < -0.4 is 5.46 Å². The van der Waals surface area contributed by atoms with E-state index < -0.39 is 18.3 Å². The number of benzene rings is 1. The highest BCUT2D eigenvalue weighted by atomic mass is 16.7. The Bertz CT molecular complexity index is 716. The lowest BCUT2D eigenvalue weighted by Gasteiger charge is -2.32. The molecule has 0 N–H and O–H groups in total. The molecule has 0 saturated carbocycles. The molecule has 0 bridgehead atoms. The van der Waals surface area contributed by atoms with Crippen LogP contribution in [0.15, 0.2) is 47.8 Å². The Hall–Kier alpha value is -2.05. The molecule has 2 aromatic rings. The molecule has 1 aliphatic heterocycles. The fraction of sp³-hybridized carbons (Fsp3) is 0.353. The summed E-state index contributed by atoms with van der Waals surface area (Å²) in [6.45, 7) is 7.98. The summed E-state index contributed by atoms with van der Waals surface area (Å²) < 4.78 is 12.0. The summed E-state index contributed by atoms with van der Waals surface area (Å²) in [5, 5.41) is 3.15. The van der Waals surface area contributed by atoms with E-state index in [9.17, 15) is 4.91 Å². The molecule has 1 saturated heterocycles. The van der Waals surface area contributed by atoms with Crippen LogP contribution >= 0.6 is 0 Å². The summed E-state index contributed by atoms with van der Waals surface area (Å²) in [7, 11) is -0.515. The standard InChI is InChI=1S/C17H19BN2O3/c1-16(2)17(3,4)23-18(22-16)12-8-9-13(15(11-12)20-21)14-7-5-6-10-19-14/h5-11H,1-4H3. The van der Waals surface area contributed by atoms with E-state index in [4.69, 9.17) is 9.31 Å². The third kappa shape index (κ3) is 2.80. The molecule has 118 valence electrons. The van der Waals surface area contributed by atoms with E-state index in [1.807, 2.05) is 58.0 Å². The summed E-state index contributed by atoms with van der Waals surface area (Å²) in [5.74, 6) is 0. The zero-order valence-electron chi connectivity index (χ0n) is 13.7. The number of hydrogen-bond acceptors (Lipinski definition) is 5. The third-order valence-corrected chi connectivity index (χ3v) is 4.59. The van der Waals surface area contributed by atoms with Crippen molar-refractivity contribution in [2.75, 3.05) is 0 Å². The highest BCUT2D eigenvalue weighted by Gasteiger charge is 2.51. The van der Waals surface area contributed by atoms with Gasteiger partial charge in [0, 0.05) is 11.8 Å². The lowest BCUT2D eigenvalue weighted by Crippen LogP contribution is -2.41. The predicted octanol–water partition coefficient (Wildman–Crippen LogP) is 3.45. The van der Waals surface area contributed by atoms with Crippen molar-refractivity contribution in [1.82, 2.24) is 4.98 Å². The van der Waals surface area contributed by atoms with E-state index in [0.717, 1.165) is 5.46 Å². The summed E-state index contributed by atoms with van der Waals surface area (Å²) in [6, 6.07) is 11.0. The fourth-order valence-electron chi connectivity index (χ4n) is 2.49. The van der Waals surface area contributed by atoms with Crippen molar-refractivity contribution in [2.24, 2.45) is 5.18 Å². The summed E-state index contributed by atoms with van der Waals surface area (Å²) >= 11 is 0. The van der Waals surface area contributed by atoms with Crippen molar-refractivity contribution < 1.29 is 9.31 Å². The van der Waals surface area contributed by atoms with Gasteiger partial charge < -0.3 is 9.31 Å². The number of hydrogen-bond donors (Lipinski definition) is 0. The smallest absolute Gasteiger partial charge is 0.399 e. The van der Waals surface area contributed by atoms with Crippen LogP contribution in [0, 0.1) is 4.91 Å². The number of nitrogens with zero attached hydrogens (tertiary/aromatic N) is 2. The molecule has 23 heavy (non-hydrogen) atoms. The van der Waals surface area contributed by atoms with Gasteiger partial charge in [-0.1, -0.05) is 18.2 Å². The molecule has 0 unspecified atom stereocenters. The lowest BCUT2D eigenvalue weighted by molar-refractivity contribution is 0.00578. The Morgan fingerprint density at radius 1 is 1.04 bits per heavy atom. The second kappa shape index (κ2) is 5.55. The van der Waals surface area contributed by atoms with Crippen LogP contribution in [0.2, 0.25) is 0 Å². The number of nitroso groups, excluding NO2 is 1. The van der Waals surface area contributed by atoms with E-state index in [2.05, 4.69) is 10.2 Å². The minimum Gasteiger partial charge on any atom is -0.399 e. The van der Waals surface area contributed by atoms with E-state index in [1.54, 1.807) is 12.3 Å². The molecule has 3 rings (SSSR count). The van der Waals surface area contributed by atoms with Crippen molar-refractivity contribution in [3.05, 3.63) is 47.5 Å². The Morgan fingerprint density at radius 3 is 2.30 bits per heavy atom. The van der Waals surface area contributed by atoms with Crippen molar-refractivity contribution >= 4 is 18.3 Å². The molecule has 0 radical (unpaired) electrons. The zero-order chi connectivity index (χ0) is 16.7. The molecular weight excluding hydrogens is 291 g/mol. The quantitative estimate of drug-likeness (QED) is 0.643. The molecular formula is C17H19BN2O3. The second-order valence-electron chi connectivity index (χ2n) is 6.67. The van der Waals surface area contributed by atoms with Crippen molar-refractivity contribution in [3.63, 3.8) is 0 Å². The largest absolute Gasteiger partial charge is 0.494 e. The number of aromatic nitrogens is 1. The SMILES string of the molecule is CC1(C)OB(c2ccc(-c3ccccn3)c(N=O)c2)OC1(C)C. The molecule has 1 aromatic heterocycles. The van der Waals surface area contributed by atoms with Gasteiger partial charge in [0.25, 0.3) is 0 Å². The molecule has 0 amide bonds. The van der Waals surface area contributed by atoms with Crippen LogP contribution in [0.3, 0.4) is 0 Å². The van der Waals surface area contributed by atoms with Gasteiger partial charge in [0.2, 0.25) is 0 Å². The van der Waals surface area contributed by atoms with Gasteiger partial charge >= 0.3 is 7.12 Å². The van der Waals surface area contributed by atoms with E-state index in [0.29, 0.717) is 16.9 Å². The van der Waals surface area contributed by atoms with Crippen LogP contribution in [0.25, 0.3) is 11.3 Å². The lowest BCUT2D eigenvalue weighted by atomic mass is 9.78. The molecule has 1 aromatic carbocycles. The van der Waals surface area contributed by atoms with Crippen LogP contribution in [0.5, 0.6) is 0 Å². The molecule has 2 heterocycles. The van der Waals surface area contributed by atoms with E-state index in [1.165, 1.54) is 0 Å². The van der Waals surface area contributed by atoms with E-state index >= 15 is 0 Å². The fourth-order valence-corrected chi connectivity index (χ4v) is 2.49. The molecule has 1 aliphatic rings. The minimum absolute atomic E-state index is 0.330. The maximum absolute atomic E-state index is 11.3. The van der Waals surface area contributed by atoms with Crippen molar-refractivity contribution in [1.29, 1.82) is 0 Å². The Morgan fingerprint density at radius 2 is 1.74 bits per heavy atom. The average molecular weight is 310 g/mol. The Balaban J connectivity index is 1.97. The van der Waals surface area contributed by atoms with Crippen LogP contribution in [0.4, 0.5) is 5.69 Å². The Kier molecular flexibility index (Phi) is 3.82. The summed E-state index contributed by atoms with van der Waals surface area (Å²) in [4.78, 5) is 15.5. The van der Waals surface area contributed by atoms with Crippen molar-refractivity contribution in [3.8, 4) is 11.3 Å². The topological polar surface area (TPSA) is 60.8 Å². The van der Waals surface area contributed by atoms with Gasteiger partial charge in [-0.25, -0.2) is 0 Å². The summed E-state index contributed by atoms with van der Waals surface area (Å²) in [6.07, 6.45) is 1.69. The highest BCUT2D eigenvalue weighted by Crippen LogP contribution is 2.37. The minimum atomic E-state index is -0.515. The maximum atomic E-state index is 11.3. The molecule has 5 nitrogen and oxygen atoms in total. The first kappa shape index (κ1) is 15.8. The zero-order valence-corrected chi connectivity index (χ0v) is 13.7. The van der Waals surface area contributed by atoms with Crippen LogP contribution in [0.1, 0.15) is 27.7 Å². The molecule has 0 atom stereocenters. The molecule has 1 fully saturated rings. The monoisotopic (exact) mass is 310 g/mol. The first-order chi connectivity index (χ1) is 10.8. The first-order valence-corrected chi connectivity index (χ1v) is 7.58. The van der Waals surface area contributed by atoms with Gasteiger partial charge in [0.1, 0.15) is 5.69 Å². The Labute approximate surface area is 136 Å².